The molecule has 0 radical (unpaired) electrons. The third kappa shape index (κ3) is 5.80. The Labute approximate surface area is 261 Å². The zero-order valence-electron chi connectivity index (χ0n) is 26.7. The molecule has 2 aromatic heterocycles. The van der Waals surface area contributed by atoms with E-state index in [1.807, 2.05) is 65.8 Å². The number of hydrogen-bond donors (Lipinski definition) is 2. The van der Waals surface area contributed by atoms with E-state index in [0.717, 1.165) is 59.8 Å². The number of nitrogen functional groups attached to an aromatic ring is 1. The second-order valence-electron chi connectivity index (χ2n) is 13.4. The number of hydrogen-bond acceptors (Lipinski definition) is 10. The van der Waals surface area contributed by atoms with Gasteiger partial charge < -0.3 is 30.2 Å². The van der Waals surface area contributed by atoms with Crippen LogP contribution in [0.15, 0.2) is 47.4 Å². The first-order valence-electron chi connectivity index (χ1n) is 15.3. The van der Waals surface area contributed by atoms with Crippen molar-refractivity contribution in [3.63, 3.8) is 0 Å². The maximum absolute atomic E-state index is 14.1. The lowest BCUT2D eigenvalue weighted by atomic mass is 9.78. The first kappa shape index (κ1) is 30.8. The van der Waals surface area contributed by atoms with Crippen molar-refractivity contribution < 1.29 is 17.7 Å². The van der Waals surface area contributed by atoms with Crippen LogP contribution in [-0.2, 0) is 19.1 Å². The van der Waals surface area contributed by atoms with Crippen LogP contribution in [0.3, 0.4) is 0 Å². The maximum Gasteiger partial charge on any atom is 0.496 e. The van der Waals surface area contributed by atoms with Crippen LogP contribution in [0, 0.1) is 13.8 Å². The molecule has 2 unspecified atom stereocenters. The lowest BCUT2D eigenvalue weighted by Crippen LogP contribution is -2.44. The number of rotatable bonds is 7. The summed E-state index contributed by atoms with van der Waals surface area (Å²) in [7, 11) is -2.02. The van der Waals surface area contributed by atoms with Gasteiger partial charge in [-0.05, 0) is 97.0 Å². The number of nitrogens with two attached hydrogens (primary N) is 1. The van der Waals surface area contributed by atoms with E-state index < -0.39 is 33.4 Å². The molecule has 3 aliphatic rings. The summed E-state index contributed by atoms with van der Waals surface area (Å²) < 4.78 is 40.6. The van der Waals surface area contributed by atoms with Gasteiger partial charge in [0.25, 0.3) is 0 Å². The predicted octanol–water partition coefficient (Wildman–Crippen LogP) is 3.42. The molecule has 3 N–H and O–H groups in total. The monoisotopic (exact) mass is 618 g/mol. The number of nitrogens with one attached hydrogen (secondary N) is 1. The van der Waals surface area contributed by atoms with E-state index in [4.69, 9.17) is 20.0 Å². The number of piperazine rings is 1. The molecule has 44 heavy (non-hydrogen) atoms. The lowest BCUT2D eigenvalue weighted by molar-refractivity contribution is 0.00578. The summed E-state index contributed by atoms with van der Waals surface area (Å²) in [5, 5.41) is 2.82. The van der Waals surface area contributed by atoms with Gasteiger partial charge in [-0.15, -0.1) is 0 Å². The quantitative estimate of drug-likeness (QED) is 0.381. The number of nitrogens with zero attached hydrogens (tertiary/aromatic N) is 4. The molecule has 0 spiro atoms. The highest BCUT2D eigenvalue weighted by Crippen LogP contribution is 2.40. The average molecular weight is 619 g/mol. The number of anilines is 3. The van der Waals surface area contributed by atoms with Crippen molar-refractivity contribution in [3.8, 4) is 11.1 Å². The van der Waals surface area contributed by atoms with Crippen LogP contribution in [0.4, 0.5) is 17.3 Å². The van der Waals surface area contributed by atoms with E-state index >= 15 is 0 Å². The molecule has 2 atom stereocenters. The van der Waals surface area contributed by atoms with Crippen molar-refractivity contribution in [2.75, 3.05) is 49.2 Å². The fourth-order valence-electron chi connectivity index (χ4n) is 5.94. The Kier molecular flexibility index (Phi) is 7.71. The molecule has 6 rings (SSSR count). The van der Waals surface area contributed by atoms with Crippen LogP contribution in [0.25, 0.3) is 11.1 Å². The molecular formula is C32H43BN6O4S. The Bertz CT molecular complexity index is 1670. The summed E-state index contributed by atoms with van der Waals surface area (Å²) in [6, 6.07) is 13.0. The van der Waals surface area contributed by atoms with Gasteiger partial charge in [0.15, 0.2) is 9.84 Å². The molecule has 234 valence electrons. The zero-order valence-corrected chi connectivity index (χ0v) is 27.5. The Balaban J connectivity index is 1.23. The number of likely N-dealkylation sites (N-methyl/N-ethyl adjacent to an activating group) is 1. The normalized spacial score (nSPS) is 23.2. The van der Waals surface area contributed by atoms with Crippen LogP contribution in [-0.4, -0.2) is 86.1 Å². The van der Waals surface area contributed by atoms with E-state index in [1.165, 1.54) is 0 Å². The van der Waals surface area contributed by atoms with Gasteiger partial charge in [0, 0.05) is 60.3 Å². The van der Waals surface area contributed by atoms with Crippen molar-refractivity contribution in [1.82, 2.24) is 14.9 Å². The maximum atomic E-state index is 14.1. The number of benzene rings is 1. The number of aryl methyl sites for hydroxylation is 2. The highest BCUT2D eigenvalue weighted by Gasteiger charge is 2.52. The summed E-state index contributed by atoms with van der Waals surface area (Å²) in [6.07, 6.45) is 0.512. The molecule has 3 fully saturated rings. The number of pyridine rings is 2. The van der Waals surface area contributed by atoms with Crippen molar-refractivity contribution >= 4 is 39.7 Å². The van der Waals surface area contributed by atoms with Crippen LogP contribution < -0.4 is 21.4 Å². The summed E-state index contributed by atoms with van der Waals surface area (Å²) in [6.45, 7) is 15.4. The van der Waals surface area contributed by atoms with Crippen molar-refractivity contribution in [2.45, 2.75) is 75.4 Å². The molecule has 1 aromatic carbocycles. The molecule has 1 saturated carbocycles. The molecule has 0 amide bonds. The minimum absolute atomic E-state index is 0.231. The summed E-state index contributed by atoms with van der Waals surface area (Å²) in [5.74, 6) is 1.08. The lowest BCUT2D eigenvalue weighted by Gasteiger charge is -2.34. The van der Waals surface area contributed by atoms with Crippen LogP contribution in [0.1, 0.15) is 45.5 Å². The Morgan fingerprint density at radius 3 is 2.25 bits per heavy atom. The van der Waals surface area contributed by atoms with Gasteiger partial charge in [-0.3, -0.25) is 0 Å². The van der Waals surface area contributed by atoms with Gasteiger partial charge in [-0.25, -0.2) is 18.4 Å². The highest BCUT2D eigenvalue weighted by molar-refractivity contribution is 7.92. The summed E-state index contributed by atoms with van der Waals surface area (Å²) >= 11 is 0. The summed E-state index contributed by atoms with van der Waals surface area (Å²) in [4.78, 5) is 14.0. The second-order valence-corrected chi connectivity index (χ2v) is 15.6. The largest absolute Gasteiger partial charge is 0.496 e. The van der Waals surface area contributed by atoms with Gasteiger partial charge >= 0.3 is 7.12 Å². The first-order valence-corrected chi connectivity index (χ1v) is 16.8. The van der Waals surface area contributed by atoms with Crippen molar-refractivity contribution in [3.05, 3.63) is 53.9 Å². The van der Waals surface area contributed by atoms with Crippen molar-refractivity contribution in [1.29, 1.82) is 0 Å². The fourth-order valence-corrected chi connectivity index (χ4v) is 7.83. The van der Waals surface area contributed by atoms with E-state index in [2.05, 4.69) is 33.2 Å². The Morgan fingerprint density at radius 1 is 0.932 bits per heavy atom. The van der Waals surface area contributed by atoms with Crippen LogP contribution in [0.2, 0.25) is 0 Å². The predicted molar refractivity (Wildman–Crippen MR) is 176 cm³/mol. The molecule has 12 heteroatoms. The smallest absolute Gasteiger partial charge is 0.399 e. The Morgan fingerprint density at radius 2 is 1.61 bits per heavy atom. The average Bonchev–Trinajstić information content (AvgIpc) is 3.68. The van der Waals surface area contributed by atoms with Gasteiger partial charge in [0.05, 0.1) is 21.3 Å². The topological polar surface area (TPSA) is 123 Å². The van der Waals surface area contributed by atoms with Crippen LogP contribution in [0.5, 0.6) is 0 Å². The molecule has 4 heterocycles. The van der Waals surface area contributed by atoms with Gasteiger partial charge in [-0.1, -0.05) is 6.07 Å². The summed E-state index contributed by atoms with van der Waals surface area (Å²) in [5.41, 5.74) is 10.1. The standard InChI is InChI=1S/C32H43BN6O4S/c1-20-25(8-10-29(34)35-20)22-16-23(39-14-12-38(7)13-15-39)18-24(17-22)44(40,41)28-19-27(28)37-30-11-9-26(21(2)36-30)33-42-31(3,4)32(5,6)43-33/h8-11,16-18,27-28H,12-15,19H2,1-7H3,(H2,34,35)(H,36,37). The molecule has 0 bridgehead atoms. The van der Waals surface area contributed by atoms with Crippen molar-refractivity contribution in [2.24, 2.45) is 0 Å². The van der Waals surface area contributed by atoms with Gasteiger partial charge in [0.2, 0.25) is 0 Å². The molecular weight excluding hydrogens is 575 g/mol. The third-order valence-electron chi connectivity index (χ3n) is 9.60. The minimum Gasteiger partial charge on any atom is -0.399 e. The second kappa shape index (κ2) is 11.0. The molecule has 2 saturated heterocycles. The highest BCUT2D eigenvalue weighted by atomic mass is 32.2. The molecule has 10 nitrogen and oxygen atoms in total. The van der Waals surface area contributed by atoms with E-state index in [1.54, 1.807) is 12.1 Å². The molecule has 1 aliphatic carbocycles. The minimum atomic E-state index is -3.63. The van der Waals surface area contributed by atoms with Crippen LogP contribution >= 0.6 is 0 Å². The number of aromatic nitrogens is 2. The third-order valence-corrected chi connectivity index (χ3v) is 11.8. The fraction of sp³-hybridized carbons (Fsp3) is 0.500. The van der Waals surface area contributed by atoms with E-state index in [0.29, 0.717) is 23.0 Å². The Hall–Kier alpha value is -3.19. The molecule has 2 aliphatic heterocycles. The zero-order chi connectivity index (χ0) is 31.6. The number of sulfone groups is 1. The molecule has 3 aromatic rings. The SMILES string of the molecule is Cc1nc(NC2CC2S(=O)(=O)c2cc(-c3ccc(N)nc3C)cc(N3CCN(C)CC3)c2)ccc1B1OC(C)(C)C(C)(C)O1. The first-order chi connectivity index (χ1) is 20.6. The van der Waals surface area contributed by atoms with E-state index in [9.17, 15) is 8.42 Å². The van der Waals surface area contributed by atoms with Gasteiger partial charge in [0.1, 0.15) is 11.6 Å². The van der Waals surface area contributed by atoms with E-state index in [-0.39, 0.29) is 6.04 Å². The van der Waals surface area contributed by atoms with Gasteiger partial charge in [-0.2, -0.15) is 0 Å².